The van der Waals surface area contributed by atoms with E-state index in [1.165, 1.54) is 0 Å². The summed E-state index contributed by atoms with van der Waals surface area (Å²) in [6.45, 7) is 3.84. The average Bonchev–Trinajstić information content (AvgIpc) is 2.04. The molecule has 2 heteroatoms. The molecule has 0 aromatic rings. The van der Waals surface area contributed by atoms with Crippen LogP contribution in [-0.4, -0.2) is 12.0 Å². The van der Waals surface area contributed by atoms with Crippen LogP contribution in [0.1, 0.15) is 39.5 Å². The first-order chi connectivity index (χ1) is 5.61. The first-order valence-electron chi connectivity index (χ1n) is 4.79. The maximum Gasteiger partial charge on any atom is 0.138 e. The molecule has 0 aliphatic heterocycles. The molecule has 0 spiro atoms. The van der Waals surface area contributed by atoms with Crippen molar-refractivity contribution in [3.63, 3.8) is 0 Å². The number of halogens is 1. The molecule has 0 amide bonds. The van der Waals surface area contributed by atoms with E-state index < -0.39 is 6.17 Å². The lowest BCUT2D eigenvalue weighted by molar-refractivity contribution is -0.127. The number of Topliss-reactive ketones (excluding diaryl/α,β-unsaturated/α-hetero) is 1. The minimum atomic E-state index is -0.652. The molecule has 0 saturated heterocycles. The van der Waals surface area contributed by atoms with Gasteiger partial charge >= 0.3 is 0 Å². The van der Waals surface area contributed by atoms with Crippen LogP contribution in [0.4, 0.5) is 4.39 Å². The molecule has 0 aromatic heterocycles. The SMILES string of the molecule is CC(C)C(=O)C1CCC(F)CC1. The quantitative estimate of drug-likeness (QED) is 0.626. The van der Waals surface area contributed by atoms with Crippen molar-refractivity contribution < 1.29 is 9.18 Å². The molecular formula is C10H17FO. The van der Waals surface area contributed by atoms with E-state index in [-0.39, 0.29) is 11.8 Å². The fourth-order valence-electron chi connectivity index (χ4n) is 1.81. The fourth-order valence-corrected chi connectivity index (χ4v) is 1.81. The van der Waals surface area contributed by atoms with E-state index in [4.69, 9.17) is 0 Å². The van der Waals surface area contributed by atoms with Gasteiger partial charge in [0.15, 0.2) is 0 Å². The van der Waals surface area contributed by atoms with E-state index in [2.05, 4.69) is 0 Å². The molecule has 1 aliphatic carbocycles. The summed E-state index contributed by atoms with van der Waals surface area (Å²) in [6, 6.07) is 0. The Morgan fingerprint density at radius 1 is 1.25 bits per heavy atom. The number of ketones is 1. The first kappa shape index (κ1) is 9.69. The zero-order chi connectivity index (χ0) is 9.14. The second kappa shape index (κ2) is 4.01. The van der Waals surface area contributed by atoms with E-state index >= 15 is 0 Å². The van der Waals surface area contributed by atoms with E-state index in [1.807, 2.05) is 13.8 Å². The molecule has 1 rings (SSSR count). The van der Waals surface area contributed by atoms with Crippen molar-refractivity contribution >= 4 is 5.78 Å². The van der Waals surface area contributed by atoms with Gasteiger partial charge in [-0.05, 0) is 25.7 Å². The summed E-state index contributed by atoms with van der Waals surface area (Å²) in [7, 11) is 0. The molecule has 1 aliphatic rings. The minimum Gasteiger partial charge on any atom is -0.299 e. The van der Waals surface area contributed by atoms with Gasteiger partial charge in [0.2, 0.25) is 0 Å². The van der Waals surface area contributed by atoms with Crippen molar-refractivity contribution in [2.75, 3.05) is 0 Å². The van der Waals surface area contributed by atoms with Gasteiger partial charge in [-0.1, -0.05) is 13.8 Å². The highest BCUT2D eigenvalue weighted by Crippen LogP contribution is 2.28. The molecule has 70 valence electrons. The van der Waals surface area contributed by atoms with Crippen molar-refractivity contribution in [1.82, 2.24) is 0 Å². The van der Waals surface area contributed by atoms with Crippen LogP contribution < -0.4 is 0 Å². The smallest absolute Gasteiger partial charge is 0.138 e. The van der Waals surface area contributed by atoms with Gasteiger partial charge in [-0.15, -0.1) is 0 Å². The van der Waals surface area contributed by atoms with Gasteiger partial charge in [0.05, 0.1) is 0 Å². The lowest BCUT2D eigenvalue weighted by Gasteiger charge is -2.24. The fraction of sp³-hybridized carbons (Fsp3) is 0.900. The number of hydrogen-bond acceptors (Lipinski definition) is 1. The molecule has 0 aromatic carbocycles. The maximum absolute atomic E-state index is 12.7. The van der Waals surface area contributed by atoms with Gasteiger partial charge < -0.3 is 0 Å². The van der Waals surface area contributed by atoms with Gasteiger partial charge in [0, 0.05) is 11.8 Å². The predicted octanol–water partition coefficient (Wildman–Crippen LogP) is 2.74. The Morgan fingerprint density at radius 3 is 2.17 bits per heavy atom. The molecule has 0 unspecified atom stereocenters. The second-order valence-corrected chi connectivity index (χ2v) is 4.01. The van der Waals surface area contributed by atoms with Crippen LogP contribution in [-0.2, 0) is 4.79 Å². The Labute approximate surface area is 73.3 Å². The zero-order valence-corrected chi connectivity index (χ0v) is 7.85. The van der Waals surface area contributed by atoms with Gasteiger partial charge in [0.1, 0.15) is 12.0 Å². The minimum absolute atomic E-state index is 0.117. The number of carbonyl (C=O) groups excluding carboxylic acids is 1. The van der Waals surface area contributed by atoms with E-state index in [0.29, 0.717) is 18.6 Å². The Hall–Kier alpha value is -0.400. The first-order valence-corrected chi connectivity index (χ1v) is 4.79. The zero-order valence-electron chi connectivity index (χ0n) is 7.85. The highest BCUT2D eigenvalue weighted by atomic mass is 19.1. The summed E-state index contributed by atoms with van der Waals surface area (Å²) >= 11 is 0. The third kappa shape index (κ3) is 2.29. The molecule has 1 saturated carbocycles. The Kier molecular flexibility index (Phi) is 3.24. The monoisotopic (exact) mass is 172 g/mol. The van der Waals surface area contributed by atoms with Crippen molar-refractivity contribution in [3.8, 4) is 0 Å². The van der Waals surface area contributed by atoms with Gasteiger partial charge in [-0.3, -0.25) is 4.79 Å². The van der Waals surface area contributed by atoms with Crippen molar-refractivity contribution in [3.05, 3.63) is 0 Å². The van der Waals surface area contributed by atoms with E-state index in [0.717, 1.165) is 12.8 Å². The number of carbonyl (C=O) groups is 1. The van der Waals surface area contributed by atoms with Crippen LogP contribution in [0.3, 0.4) is 0 Å². The summed E-state index contributed by atoms with van der Waals surface area (Å²) in [5.74, 6) is 0.588. The van der Waals surface area contributed by atoms with Crippen LogP contribution >= 0.6 is 0 Å². The molecule has 1 fully saturated rings. The molecule has 12 heavy (non-hydrogen) atoms. The predicted molar refractivity (Wildman–Crippen MR) is 46.7 cm³/mol. The van der Waals surface area contributed by atoms with Crippen LogP contribution in [0.15, 0.2) is 0 Å². The van der Waals surface area contributed by atoms with Gasteiger partial charge in [0.25, 0.3) is 0 Å². The standard InChI is InChI=1S/C10H17FO/c1-7(2)10(12)8-3-5-9(11)6-4-8/h7-9H,3-6H2,1-2H3. The van der Waals surface area contributed by atoms with Crippen molar-refractivity contribution in [2.45, 2.75) is 45.7 Å². The van der Waals surface area contributed by atoms with E-state index in [1.54, 1.807) is 0 Å². The molecule has 0 radical (unpaired) electrons. The van der Waals surface area contributed by atoms with Crippen LogP contribution in [0.2, 0.25) is 0 Å². The number of hydrogen-bond donors (Lipinski definition) is 0. The lowest BCUT2D eigenvalue weighted by Crippen LogP contribution is -2.25. The van der Waals surface area contributed by atoms with Gasteiger partial charge in [-0.25, -0.2) is 4.39 Å². The highest BCUT2D eigenvalue weighted by molar-refractivity contribution is 5.82. The highest BCUT2D eigenvalue weighted by Gasteiger charge is 2.26. The molecule has 0 heterocycles. The molecule has 1 nitrogen and oxygen atoms in total. The normalized spacial score (nSPS) is 30.7. The largest absolute Gasteiger partial charge is 0.299 e. The summed E-state index contributed by atoms with van der Waals surface area (Å²) in [5, 5.41) is 0. The summed E-state index contributed by atoms with van der Waals surface area (Å²) in [6.07, 6.45) is 2.05. The summed E-state index contributed by atoms with van der Waals surface area (Å²) in [4.78, 5) is 11.5. The lowest BCUT2D eigenvalue weighted by atomic mass is 9.82. The van der Waals surface area contributed by atoms with Crippen LogP contribution in [0.5, 0.6) is 0 Å². The van der Waals surface area contributed by atoms with Crippen LogP contribution in [0, 0.1) is 11.8 Å². The number of rotatable bonds is 2. The van der Waals surface area contributed by atoms with Crippen LogP contribution in [0.25, 0.3) is 0 Å². The topological polar surface area (TPSA) is 17.1 Å². The Morgan fingerprint density at radius 2 is 1.75 bits per heavy atom. The van der Waals surface area contributed by atoms with Crippen molar-refractivity contribution in [1.29, 1.82) is 0 Å². The summed E-state index contributed by atoms with van der Waals surface area (Å²) < 4.78 is 12.7. The third-order valence-corrected chi connectivity index (χ3v) is 2.63. The summed E-state index contributed by atoms with van der Waals surface area (Å²) in [5.41, 5.74) is 0. The molecule has 0 N–H and O–H groups in total. The van der Waals surface area contributed by atoms with Crippen molar-refractivity contribution in [2.24, 2.45) is 11.8 Å². The Bertz CT molecular complexity index is 157. The third-order valence-electron chi connectivity index (χ3n) is 2.63. The second-order valence-electron chi connectivity index (χ2n) is 4.01. The molecular weight excluding hydrogens is 155 g/mol. The maximum atomic E-state index is 12.7. The van der Waals surface area contributed by atoms with E-state index in [9.17, 15) is 9.18 Å². The average molecular weight is 172 g/mol. The number of alkyl halides is 1. The Balaban J connectivity index is 2.39. The van der Waals surface area contributed by atoms with Gasteiger partial charge in [-0.2, -0.15) is 0 Å². The molecule has 0 atom stereocenters. The molecule has 0 bridgehead atoms.